The number of hydrogen-bond acceptors (Lipinski definition) is 4. The van der Waals surface area contributed by atoms with Crippen LogP contribution in [0, 0.1) is 0 Å². The van der Waals surface area contributed by atoms with E-state index in [-0.39, 0.29) is 12.1 Å². The first kappa shape index (κ1) is 16.3. The quantitative estimate of drug-likeness (QED) is 0.919. The number of ether oxygens (including phenoxy) is 1. The summed E-state index contributed by atoms with van der Waals surface area (Å²) in [5.74, 6) is 0. The molecule has 0 aromatic carbocycles. The van der Waals surface area contributed by atoms with Crippen LogP contribution in [0.2, 0.25) is 0 Å². The second-order valence-electron chi connectivity index (χ2n) is 6.62. The zero-order valence-corrected chi connectivity index (χ0v) is 14.2. The van der Waals surface area contributed by atoms with Gasteiger partial charge in [-0.05, 0) is 52.0 Å². The molecule has 1 aliphatic heterocycles. The molecular weight excluding hydrogens is 284 g/mol. The van der Waals surface area contributed by atoms with E-state index in [1.807, 2.05) is 25.7 Å². The minimum absolute atomic E-state index is 0.185. The standard InChI is InChI=1S/C16H26N2O2S/c1-12(14-8-6-10-21-14)17-11-13-7-5-9-18(13)15(19)20-16(2,3)4/h6,8,10,12-13,17H,5,7,9,11H2,1-4H3. The van der Waals surface area contributed by atoms with E-state index in [4.69, 9.17) is 4.74 Å². The van der Waals surface area contributed by atoms with Gasteiger partial charge in [-0.2, -0.15) is 0 Å². The van der Waals surface area contributed by atoms with Gasteiger partial charge in [-0.15, -0.1) is 11.3 Å². The molecule has 1 amide bonds. The van der Waals surface area contributed by atoms with Crippen LogP contribution in [0.1, 0.15) is 51.5 Å². The number of hydrogen-bond donors (Lipinski definition) is 1. The Morgan fingerprint density at radius 3 is 2.95 bits per heavy atom. The second-order valence-corrected chi connectivity index (χ2v) is 7.59. The maximum absolute atomic E-state index is 12.2. The molecule has 2 rings (SSSR count). The molecule has 5 heteroatoms. The van der Waals surface area contributed by atoms with Crippen molar-refractivity contribution in [2.45, 2.75) is 58.2 Å². The van der Waals surface area contributed by atoms with Gasteiger partial charge < -0.3 is 15.0 Å². The molecule has 4 nitrogen and oxygen atoms in total. The number of nitrogens with zero attached hydrogens (tertiary/aromatic N) is 1. The van der Waals surface area contributed by atoms with E-state index in [9.17, 15) is 4.79 Å². The summed E-state index contributed by atoms with van der Waals surface area (Å²) in [6.45, 7) is 9.51. The smallest absolute Gasteiger partial charge is 0.410 e. The van der Waals surface area contributed by atoms with Gasteiger partial charge in [0.1, 0.15) is 5.60 Å². The third-order valence-corrected chi connectivity index (χ3v) is 4.69. The third-order valence-electron chi connectivity index (χ3n) is 3.63. The summed E-state index contributed by atoms with van der Waals surface area (Å²) in [5.41, 5.74) is -0.429. The Morgan fingerprint density at radius 2 is 2.33 bits per heavy atom. The molecule has 0 saturated carbocycles. The third kappa shape index (κ3) is 4.71. The van der Waals surface area contributed by atoms with Gasteiger partial charge in [0.2, 0.25) is 0 Å². The van der Waals surface area contributed by atoms with Crippen LogP contribution in [0.5, 0.6) is 0 Å². The molecule has 0 radical (unpaired) electrons. The summed E-state index contributed by atoms with van der Waals surface area (Å²) in [6.07, 6.45) is 1.91. The van der Waals surface area contributed by atoms with Crippen molar-refractivity contribution in [2.24, 2.45) is 0 Å². The van der Waals surface area contributed by atoms with E-state index in [1.54, 1.807) is 11.3 Å². The summed E-state index contributed by atoms with van der Waals surface area (Å²) in [4.78, 5) is 15.4. The first-order valence-corrected chi connectivity index (χ1v) is 8.51. The first-order chi connectivity index (χ1) is 9.87. The average Bonchev–Trinajstić information content (AvgIpc) is 3.04. The van der Waals surface area contributed by atoms with Crippen molar-refractivity contribution in [3.05, 3.63) is 22.4 Å². The summed E-state index contributed by atoms with van der Waals surface area (Å²) >= 11 is 1.76. The summed E-state index contributed by atoms with van der Waals surface area (Å²) in [6, 6.07) is 4.77. The highest BCUT2D eigenvalue weighted by atomic mass is 32.1. The normalized spacial score (nSPS) is 20.6. The minimum Gasteiger partial charge on any atom is -0.444 e. The molecule has 0 bridgehead atoms. The lowest BCUT2D eigenvalue weighted by molar-refractivity contribution is 0.0225. The number of rotatable bonds is 4. The van der Waals surface area contributed by atoms with Crippen LogP contribution in [-0.4, -0.2) is 35.7 Å². The van der Waals surface area contributed by atoms with Crippen molar-refractivity contribution >= 4 is 17.4 Å². The maximum atomic E-state index is 12.2. The molecule has 0 aliphatic carbocycles. The number of carbonyl (C=O) groups is 1. The van der Waals surface area contributed by atoms with E-state index in [2.05, 4.69) is 29.8 Å². The molecule has 1 N–H and O–H groups in total. The van der Waals surface area contributed by atoms with Crippen molar-refractivity contribution < 1.29 is 9.53 Å². The van der Waals surface area contributed by atoms with E-state index >= 15 is 0 Å². The highest BCUT2D eigenvalue weighted by molar-refractivity contribution is 7.10. The number of carbonyl (C=O) groups excluding carboxylic acids is 1. The number of likely N-dealkylation sites (tertiary alicyclic amines) is 1. The van der Waals surface area contributed by atoms with Crippen molar-refractivity contribution in [1.29, 1.82) is 0 Å². The zero-order chi connectivity index (χ0) is 15.5. The molecule has 2 unspecified atom stereocenters. The largest absolute Gasteiger partial charge is 0.444 e. The highest BCUT2D eigenvalue weighted by Gasteiger charge is 2.32. The van der Waals surface area contributed by atoms with Crippen LogP contribution >= 0.6 is 11.3 Å². The van der Waals surface area contributed by atoms with Crippen LogP contribution in [0.25, 0.3) is 0 Å². The van der Waals surface area contributed by atoms with E-state index < -0.39 is 5.60 Å². The van der Waals surface area contributed by atoms with Crippen molar-refractivity contribution in [3.63, 3.8) is 0 Å². The molecule has 0 spiro atoms. The fourth-order valence-corrected chi connectivity index (χ4v) is 3.32. The zero-order valence-electron chi connectivity index (χ0n) is 13.4. The minimum atomic E-state index is -0.429. The fraction of sp³-hybridized carbons (Fsp3) is 0.688. The lowest BCUT2D eigenvalue weighted by Gasteiger charge is -2.29. The van der Waals surface area contributed by atoms with Gasteiger partial charge in [0.15, 0.2) is 0 Å². The fourth-order valence-electron chi connectivity index (χ4n) is 2.56. The molecule has 1 aromatic rings. The molecular formula is C16H26N2O2S. The van der Waals surface area contributed by atoms with Gasteiger partial charge >= 0.3 is 6.09 Å². The highest BCUT2D eigenvalue weighted by Crippen LogP contribution is 2.22. The van der Waals surface area contributed by atoms with Crippen LogP contribution in [0.15, 0.2) is 17.5 Å². The van der Waals surface area contributed by atoms with Crippen LogP contribution in [0.3, 0.4) is 0 Å². The average molecular weight is 310 g/mol. The molecule has 1 fully saturated rings. The first-order valence-electron chi connectivity index (χ1n) is 7.63. The van der Waals surface area contributed by atoms with Gasteiger partial charge in [0.25, 0.3) is 0 Å². The molecule has 1 saturated heterocycles. The van der Waals surface area contributed by atoms with Crippen molar-refractivity contribution in [2.75, 3.05) is 13.1 Å². The van der Waals surface area contributed by atoms with Gasteiger partial charge in [-0.25, -0.2) is 4.79 Å². The SMILES string of the molecule is CC(NCC1CCCN1C(=O)OC(C)(C)C)c1cccs1. The summed E-state index contributed by atoms with van der Waals surface area (Å²) < 4.78 is 5.49. The molecule has 1 aliphatic rings. The lowest BCUT2D eigenvalue weighted by atomic mass is 10.2. The Labute approximate surface area is 131 Å². The maximum Gasteiger partial charge on any atom is 0.410 e. The van der Waals surface area contributed by atoms with Gasteiger partial charge in [0.05, 0.1) is 0 Å². The second kappa shape index (κ2) is 6.79. The Morgan fingerprint density at radius 1 is 1.57 bits per heavy atom. The topological polar surface area (TPSA) is 41.6 Å². The Bertz CT molecular complexity index is 453. The van der Waals surface area contributed by atoms with E-state index in [0.717, 1.165) is 25.9 Å². The Kier molecular flexibility index (Phi) is 5.27. The monoisotopic (exact) mass is 310 g/mol. The number of nitrogens with one attached hydrogen (secondary N) is 1. The van der Waals surface area contributed by atoms with Gasteiger partial charge in [-0.1, -0.05) is 6.07 Å². The van der Waals surface area contributed by atoms with Crippen molar-refractivity contribution in [1.82, 2.24) is 10.2 Å². The molecule has 21 heavy (non-hydrogen) atoms. The van der Waals surface area contributed by atoms with Crippen LogP contribution in [-0.2, 0) is 4.74 Å². The summed E-state index contributed by atoms with van der Waals surface area (Å²) in [7, 11) is 0. The summed E-state index contributed by atoms with van der Waals surface area (Å²) in [5, 5.41) is 5.63. The van der Waals surface area contributed by atoms with Crippen LogP contribution < -0.4 is 5.32 Å². The van der Waals surface area contributed by atoms with E-state index in [1.165, 1.54) is 4.88 Å². The van der Waals surface area contributed by atoms with Crippen molar-refractivity contribution in [3.8, 4) is 0 Å². The predicted octanol–water partition coefficient (Wildman–Crippen LogP) is 3.80. The molecule has 118 valence electrons. The Hall–Kier alpha value is -1.07. The van der Waals surface area contributed by atoms with Crippen LogP contribution in [0.4, 0.5) is 4.79 Å². The lowest BCUT2D eigenvalue weighted by Crippen LogP contribution is -2.44. The van der Waals surface area contributed by atoms with Gasteiger partial charge in [0, 0.05) is 30.1 Å². The molecule has 2 atom stereocenters. The number of amides is 1. The predicted molar refractivity (Wildman–Crippen MR) is 86.7 cm³/mol. The molecule has 2 heterocycles. The number of thiophene rings is 1. The van der Waals surface area contributed by atoms with E-state index in [0.29, 0.717) is 6.04 Å². The Balaban J connectivity index is 1.86. The molecule has 1 aromatic heterocycles. The van der Waals surface area contributed by atoms with Gasteiger partial charge in [-0.3, -0.25) is 0 Å².